The van der Waals surface area contributed by atoms with Crippen molar-refractivity contribution in [1.29, 1.82) is 0 Å². The zero-order valence-corrected chi connectivity index (χ0v) is 13.3. The highest BCUT2D eigenvalue weighted by Gasteiger charge is 2.07. The van der Waals surface area contributed by atoms with Crippen LogP contribution in [0.5, 0.6) is 0 Å². The minimum Gasteiger partial charge on any atom is -0.151 e. The van der Waals surface area contributed by atoms with Crippen molar-refractivity contribution in [3.8, 4) is 0 Å². The van der Waals surface area contributed by atoms with Gasteiger partial charge in [0.1, 0.15) is 0 Å². The van der Waals surface area contributed by atoms with Gasteiger partial charge in [-0.2, -0.15) is 4.91 Å². The molecule has 0 aliphatic carbocycles. The number of nitrogens with zero attached hydrogens (tertiary/aromatic N) is 1. The van der Waals surface area contributed by atoms with Crippen LogP contribution in [-0.4, -0.2) is 6.04 Å². The number of nitroso groups, excluding NO2 is 1. The summed E-state index contributed by atoms with van der Waals surface area (Å²) < 4.78 is 0. The molecule has 0 saturated heterocycles. The van der Waals surface area contributed by atoms with Crippen LogP contribution in [0.15, 0.2) is 5.18 Å². The summed E-state index contributed by atoms with van der Waals surface area (Å²) >= 11 is 0. The average Bonchev–Trinajstić information content (AvgIpc) is 2.44. The maximum absolute atomic E-state index is 10.8. The first-order valence-electron chi connectivity index (χ1n) is 8.67. The van der Waals surface area contributed by atoms with Gasteiger partial charge in [0, 0.05) is 0 Å². The molecule has 0 aromatic rings. The van der Waals surface area contributed by atoms with E-state index >= 15 is 0 Å². The number of hydrogen-bond acceptors (Lipinski definition) is 2. The van der Waals surface area contributed by atoms with E-state index in [1.807, 2.05) is 0 Å². The van der Waals surface area contributed by atoms with E-state index in [2.05, 4.69) is 19.0 Å². The lowest BCUT2D eigenvalue weighted by Gasteiger charge is -2.08. The van der Waals surface area contributed by atoms with Crippen LogP contribution in [0.1, 0.15) is 104 Å². The van der Waals surface area contributed by atoms with Gasteiger partial charge in [0.15, 0.2) is 0 Å². The Kier molecular flexibility index (Phi) is 15.3. The Labute approximate surface area is 120 Å². The molecule has 0 rings (SSSR count). The first-order chi connectivity index (χ1) is 9.35. The zero-order chi connectivity index (χ0) is 14.2. The Morgan fingerprint density at radius 2 is 1.00 bits per heavy atom. The quantitative estimate of drug-likeness (QED) is 0.242. The molecule has 0 saturated carbocycles. The lowest BCUT2D eigenvalue weighted by atomic mass is 10.0. The van der Waals surface area contributed by atoms with Gasteiger partial charge >= 0.3 is 0 Å². The van der Waals surface area contributed by atoms with Crippen molar-refractivity contribution in [2.45, 2.75) is 110 Å². The highest BCUT2D eigenvalue weighted by atomic mass is 16.3. The molecule has 0 aliphatic rings. The van der Waals surface area contributed by atoms with E-state index in [4.69, 9.17) is 0 Å². The lowest BCUT2D eigenvalue weighted by Crippen LogP contribution is -2.03. The van der Waals surface area contributed by atoms with Crippen molar-refractivity contribution in [1.82, 2.24) is 0 Å². The van der Waals surface area contributed by atoms with Crippen molar-refractivity contribution in [3.05, 3.63) is 4.91 Å². The molecule has 0 amide bonds. The molecule has 2 heteroatoms. The van der Waals surface area contributed by atoms with Gasteiger partial charge in [-0.3, -0.25) is 0 Å². The van der Waals surface area contributed by atoms with E-state index in [-0.39, 0.29) is 6.04 Å². The molecule has 114 valence electrons. The van der Waals surface area contributed by atoms with Gasteiger partial charge in [0.25, 0.3) is 0 Å². The maximum Gasteiger partial charge on any atom is 0.0919 e. The molecule has 0 unspecified atom stereocenters. The molecule has 0 spiro atoms. The SMILES string of the molecule is CCCCCCCCC(CCCCCCCC)N=O. The fraction of sp³-hybridized carbons (Fsp3) is 1.00. The predicted octanol–water partition coefficient (Wildman–Crippen LogP) is 6.62. The molecule has 0 aromatic carbocycles. The summed E-state index contributed by atoms with van der Waals surface area (Å²) in [4.78, 5) is 10.8. The van der Waals surface area contributed by atoms with E-state index in [0.717, 1.165) is 12.8 Å². The standard InChI is InChI=1S/C17H35NO/c1-3-5-7-9-11-13-15-17(18-19)16-14-12-10-8-6-4-2/h17H,3-16H2,1-2H3. The van der Waals surface area contributed by atoms with Crippen LogP contribution in [0.4, 0.5) is 0 Å². The zero-order valence-electron chi connectivity index (χ0n) is 13.3. The lowest BCUT2D eigenvalue weighted by molar-refractivity contribution is 0.483. The minimum absolute atomic E-state index is 0.0948. The second kappa shape index (κ2) is 15.7. The van der Waals surface area contributed by atoms with Gasteiger partial charge in [-0.25, -0.2) is 0 Å². The normalized spacial score (nSPS) is 11.1. The van der Waals surface area contributed by atoms with Crippen LogP contribution in [-0.2, 0) is 0 Å². The second-order valence-corrected chi connectivity index (χ2v) is 5.87. The van der Waals surface area contributed by atoms with Crippen LogP contribution < -0.4 is 0 Å². The summed E-state index contributed by atoms with van der Waals surface area (Å²) in [5, 5.41) is 3.31. The Balaban J connectivity index is 3.32. The molecule has 0 aliphatic heterocycles. The van der Waals surface area contributed by atoms with E-state index in [1.165, 1.54) is 77.0 Å². The molecule has 0 fully saturated rings. The Hall–Kier alpha value is -0.400. The third-order valence-electron chi connectivity index (χ3n) is 3.93. The molecular weight excluding hydrogens is 234 g/mol. The van der Waals surface area contributed by atoms with Crippen LogP contribution >= 0.6 is 0 Å². The van der Waals surface area contributed by atoms with Crippen LogP contribution in [0, 0.1) is 4.91 Å². The summed E-state index contributed by atoms with van der Waals surface area (Å²) in [5.74, 6) is 0. The highest BCUT2D eigenvalue weighted by molar-refractivity contribution is 4.66. The van der Waals surface area contributed by atoms with Gasteiger partial charge in [0.2, 0.25) is 0 Å². The van der Waals surface area contributed by atoms with Crippen LogP contribution in [0.2, 0.25) is 0 Å². The van der Waals surface area contributed by atoms with Crippen LogP contribution in [0.3, 0.4) is 0 Å². The molecule has 0 aromatic heterocycles. The number of rotatable bonds is 15. The van der Waals surface area contributed by atoms with Gasteiger partial charge in [-0.05, 0) is 12.8 Å². The fourth-order valence-electron chi connectivity index (χ4n) is 2.57. The number of unbranched alkanes of at least 4 members (excludes halogenated alkanes) is 10. The molecule has 0 radical (unpaired) electrons. The van der Waals surface area contributed by atoms with Gasteiger partial charge in [0.05, 0.1) is 6.04 Å². The maximum atomic E-state index is 10.8. The van der Waals surface area contributed by atoms with E-state index in [1.54, 1.807) is 0 Å². The van der Waals surface area contributed by atoms with Crippen molar-refractivity contribution in [3.63, 3.8) is 0 Å². The summed E-state index contributed by atoms with van der Waals surface area (Å²) in [7, 11) is 0. The molecule has 19 heavy (non-hydrogen) atoms. The van der Waals surface area contributed by atoms with E-state index in [0.29, 0.717) is 0 Å². The van der Waals surface area contributed by atoms with Crippen molar-refractivity contribution >= 4 is 0 Å². The fourth-order valence-corrected chi connectivity index (χ4v) is 2.57. The molecule has 2 nitrogen and oxygen atoms in total. The van der Waals surface area contributed by atoms with Gasteiger partial charge in [-0.1, -0.05) is 96.1 Å². The van der Waals surface area contributed by atoms with Gasteiger partial charge in [-0.15, -0.1) is 0 Å². The van der Waals surface area contributed by atoms with E-state index in [9.17, 15) is 4.91 Å². The molecule has 0 atom stereocenters. The van der Waals surface area contributed by atoms with Crippen molar-refractivity contribution < 1.29 is 0 Å². The molecule has 0 N–H and O–H groups in total. The Bertz CT molecular complexity index is 166. The smallest absolute Gasteiger partial charge is 0.0919 e. The van der Waals surface area contributed by atoms with Gasteiger partial charge < -0.3 is 0 Å². The highest BCUT2D eigenvalue weighted by Crippen LogP contribution is 2.16. The monoisotopic (exact) mass is 269 g/mol. The predicted molar refractivity (Wildman–Crippen MR) is 85.6 cm³/mol. The molecular formula is C17H35NO. The summed E-state index contributed by atoms with van der Waals surface area (Å²) in [6.45, 7) is 4.49. The van der Waals surface area contributed by atoms with Crippen LogP contribution in [0.25, 0.3) is 0 Å². The topological polar surface area (TPSA) is 29.4 Å². The first kappa shape index (κ1) is 18.6. The van der Waals surface area contributed by atoms with E-state index < -0.39 is 0 Å². The Morgan fingerprint density at radius 1 is 0.632 bits per heavy atom. The minimum atomic E-state index is 0.0948. The summed E-state index contributed by atoms with van der Waals surface area (Å²) in [6.07, 6.45) is 17.7. The number of hydrogen-bond donors (Lipinski definition) is 0. The third kappa shape index (κ3) is 13.8. The molecule has 0 heterocycles. The second-order valence-electron chi connectivity index (χ2n) is 5.87. The summed E-state index contributed by atoms with van der Waals surface area (Å²) in [5.41, 5.74) is 0. The Morgan fingerprint density at radius 3 is 1.37 bits per heavy atom. The van der Waals surface area contributed by atoms with Crippen molar-refractivity contribution in [2.75, 3.05) is 0 Å². The average molecular weight is 269 g/mol. The van der Waals surface area contributed by atoms with Crippen molar-refractivity contribution in [2.24, 2.45) is 5.18 Å². The first-order valence-corrected chi connectivity index (χ1v) is 8.67. The third-order valence-corrected chi connectivity index (χ3v) is 3.93. The largest absolute Gasteiger partial charge is 0.151 e. The summed E-state index contributed by atoms with van der Waals surface area (Å²) in [6, 6.07) is 0.0948. The molecule has 0 bridgehead atoms.